The molecule has 0 radical (unpaired) electrons. The summed E-state index contributed by atoms with van der Waals surface area (Å²) in [6.07, 6.45) is 2.84. The van der Waals surface area contributed by atoms with Crippen LogP contribution in [0, 0.1) is 29.0 Å². The highest BCUT2D eigenvalue weighted by molar-refractivity contribution is 5.93. The molecule has 0 spiro atoms. The highest BCUT2D eigenvalue weighted by Crippen LogP contribution is 2.21. The molecule has 2 N–H and O–H groups in total. The van der Waals surface area contributed by atoms with Crippen LogP contribution in [0.15, 0.2) is 48.7 Å². The molecule has 41 heavy (non-hydrogen) atoms. The maximum atomic E-state index is 12.4. The maximum Gasteiger partial charge on any atom is 0.270 e. The number of rotatable bonds is 7. The fourth-order valence-corrected chi connectivity index (χ4v) is 3.16. The largest absolute Gasteiger partial charge is 0.388 e. The van der Waals surface area contributed by atoms with Gasteiger partial charge in [0, 0.05) is 25.2 Å². The smallest absolute Gasteiger partial charge is 0.270 e. The summed E-state index contributed by atoms with van der Waals surface area (Å²) in [6, 6.07) is 13.5. The highest BCUT2D eigenvalue weighted by atomic mass is 19.1. The molecule has 1 saturated heterocycles. The Hall–Kier alpha value is -4.17. The zero-order valence-electron chi connectivity index (χ0n) is 25.0. The molecule has 1 fully saturated rings. The first-order valence-corrected chi connectivity index (χ1v) is 13.3. The molecule has 0 saturated carbocycles. The second-order valence-electron chi connectivity index (χ2n) is 10.2. The van der Waals surface area contributed by atoms with Crippen LogP contribution in [0.25, 0.3) is 0 Å². The third-order valence-corrected chi connectivity index (χ3v) is 5.03. The van der Waals surface area contributed by atoms with Gasteiger partial charge in [-0.05, 0) is 57.6 Å². The van der Waals surface area contributed by atoms with Crippen LogP contribution < -0.4 is 10.6 Å². The van der Waals surface area contributed by atoms with E-state index in [1.807, 2.05) is 37.4 Å². The van der Waals surface area contributed by atoms with Gasteiger partial charge in [0.05, 0.1) is 24.9 Å². The lowest BCUT2D eigenvalue weighted by molar-refractivity contribution is -0.132. The number of nitrogens with zero attached hydrogens (tertiary/aromatic N) is 4. The van der Waals surface area contributed by atoms with E-state index in [2.05, 4.69) is 42.5 Å². The predicted octanol–water partition coefficient (Wildman–Crippen LogP) is 3.42. The molecule has 11 heteroatoms. The summed E-state index contributed by atoms with van der Waals surface area (Å²) >= 11 is 0. The molecule has 1 aliphatic heterocycles. The van der Waals surface area contributed by atoms with E-state index in [1.165, 1.54) is 17.9 Å². The molecule has 10 nitrogen and oxygen atoms in total. The second kappa shape index (κ2) is 20.7. The molecule has 3 unspecified atom stereocenters. The van der Waals surface area contributed by atoms with Crippen molar-refractivity contribution < 1.29 is 23.6 Å². The number of carbonyl (C=O) groups is 4. The lowest BCUT2D eigenvalue weighted by Crippen LogP contribution is -2.40. The molecule has 1 aliphatic rings. The van der Waals surface area contributed by atoms with Crippen molar-refractivity contribution in [2.45, 2.75) is 46.2 Å². The first-order valence-electron chi connectivity index (χ1n) is 13.3. The van der Waals surface area contributed by atoms with E-state index in [-0.39, 0.29) is 24.1 Å². The number of hydrogen-bond donors (Lipinski definition) is 2. The summed E-state index contributed by atoms with van der Waals surface area (Å²) in [5, 5.41) is 14.3. The van der Waals surface area contributed by atoms with Crippen LogP contribution in [0.1, 0.15) is 44.6 Å². The molecular weight excluding hydrogens is 527 g/mol. The van der Waals surface area contributed by atoms with E-state index in [4.69, 9.17) is 5.26 Å². The van der Waals surface area contributed by atoms with E-state index in [9.17, 15) is 23.6 Å². The van der Waals surface area contributed by atoms with Crippen molar-refractivity contribution in [3.05, 3.63) is 60.2 Å². The summed E-state index contributed by atoms with van der Waals surface area (Å²) in [5.74, 6) is -0.439. The van der Waals surface area contributed by atoms with Gasteiger partial charge in [-0.25, -0.2) is 9.37 Å². The number of likely N-dealkylation sites (tertiary alicyclic amines) is 1. The average Bonchev–Trinajstić information content (AvgIpc) is 3.38. The van der Waals surface area contributed by atoms with E-state index in [1.54, 1.807) is 19.0 Å². The third kappa shape index (κ3) is 16.5. The summed E-state index contributed by atoms with van der Waals surface area (Å²) < 4.78 is 12.4. The summed E-state index contributed by atoms with van der Waals surface area (Å²) in [4.78, 5) is 50.6. The molecule has 3 atom stereocenters. The number of carbonyl (C=O) groups excluding carboxylic acids is 4. The number of amides is 2. The van der Waals surface area contributed by atoms with Gasteiger partial charge in [-0.15, -0.1) is 0 Å². The number of nitriles is 1. The summed E-state index contributed by atoms with van der Waals surface area (Å²) in [6.45, 7) is 8.70. The molecular formula is C30H43FN6O4. The fraction of sp³-hybridized carbons (Fsp3) is 0.467. The van der Waals surface area contributed by atoms with Crippen molar-refractivity contribution in [1.29, 1.82) is 5.26 Å². The average molecular weight is 571 g/mol. The quantitative estimate of drug-likeness (QED) is 0.484. The van der Waals surface area contributed by atoms with Crippen molar-refractivity contribution in [2.24, 2.45) is 11.8 Å². The monoisotopic (exact) mass is 570 g/mol. The number of halogens is 1. The molecule has 2 aromatic rings. The Morgan fingerprint density at radius 2 is 1.76 bits per heavy atom. The van der Waals surface area contributed by atoms with Gasteiger partial charge in [-0.1, -0.05) is 39.0 Å². The van der Waals surface area contributed by atoms with E-state index >= 15 is 0 Å². The number of aldehydes is 2. The molecule has 2 amide bonds. The number of pyridine rings is 1. The van der Waals surface area contributed by atoms with Crippen molar-refractivity contribution in [3.63, 3.8) is 0 Å². The topological polar surface area (TPSA) is 136 Å². The van der Waals surface area contributed by atoms with E-state index in [0.717, 1.165) is 30.2 Å². The van der Waals surface area contributed by atoms with Gasteiger partial charge in [-0.2, -0.15) is 5.26 Å². The van der Waals surface area contributed by atoms with Crippen LogP contribution >= 0.6 is 0 Å². The SMILES string of the molecule is CC(C)C.CC(C=O)NC(=O)c1ccc(F)cn1.CN(C)CC(=O)N1CC(C=O)CC1C#N.CNc1ccccc1. The lowest BCUT2D eigenvalue weighted by Gasteiger charge is -2.21. The first-order chi connectivity index (χ1) is 19.4. The van der Waals surface area contributed by atoms with E-state index < -0.39 is 23.8 Å². The molecule has 1 aromatic heterocycles. The van der Waals surface area contributed by atoms with Crippen LogP contribution in [-0.2, 0) is 14.4 Å². The highest BCUT2D eigenvalue weighted by Gasteiger charge is 2.34. The summed E-state index contributed by atoms with van der Waals surface area (Å²) in [7, 11) is 5.51. The minimum absolute atomic E-state index is 0.0834. The zero-order valence-corrected chi connectivity index (χ0v) is 25.0. The van der Waals surface area contributed by atoms with Crippen LogP contribution in [0.2, 0.25) is 0 Å². The lowest BCUT2D eigenvalue weighted by atomic mass is 10.1. The molecule has 224 valence electrons. The van der Waals surface area contributed by atoms with Crippen LogP contribution in [0.4, 0.5) is 10.1 Å². The van der Waals surface area contributed by atoms with Crippen LogP contribution in [-0.4, -0.2) is 85.5 Å². The number of likely N-dealkylation sites (N-methyl/N-ethyl adjacent to an activating group) is 1. The van der Waals surface area contributed by atoms with Crippen molar-refractivity contribution in [3.8, 4) is 6.07 Å². The Bertz CT molecular complexity index is 1090. The Kier molecular flexibility index (Phi) is 18.6. The van der Waals surface area contributed by atoms with Gasteiger partial charge < -0.3 is 30.0 Å². The van der Waals surface area contributed by atoms with Crippen molar-refractivity contribution in [1.82, 2.24) is 20.1 Å². The number of hydrogen-bond acceptors (Lipinski definition) is 8. The predicted molar refractivity (Wildman–Crippen MR) is 158 cm³/mol. The molecule has 0 aliphatic carbocycles. The Morgan fingerprint density at radius 3 is 2.17 bits per heavy atom. The van der Waals surface area contributed by atoms with Gasteiger partial charge in [0.2, 0.25) is 5.91 Å². The standard InChI is InChI=1S/C10H15N3O2.C9H9FN2O2.C7H9N.C4H10/c1-12(2)6-10(15)13-5-8(7-14)3-9(13)4-11;1-6(5-13)12-9(14)8-3-2-7(10)4-11-8;1-8-7-5-3-2-4-6-7;1-4(2)3/h7-9H,3,5-6H2,1-2H3;2-6H,1H3,(H,12,14);2-6,8H,1H3;4H,1-3H3. The minimum Gasteiger partial charge on any atom is -0.388 e. The first kappa shape index (κ1) is 36.8. The number of aromatic nitrogens is 1. The van der Waals surface area contributed by atoms with Crippen molar-refractivity contribution in [2.75, 3.05) is 39.5 Å². The molecule has 1 aromatic carbocycles. The van der Waals surface area contributed by atoms with E-state index in [0.29, 0.717) is 19.3 Å². The van der Waals surface area contributed by atoms with Gasteiger partial charge >= 0.3 is 0 Å². The Balaban J connectivity index is 0.000000568. The normalized spacial score (nSPS) is 15.9. The number of benzene rings is 1. The van der Waals surface area contributed by atoms with Gasteiger partial charge in [0.25, 0.3) is 5.91 Å². The van der Waals surface area contributed by atoms with Crippen molar-refractivity contribution >= 4 is 30.1 Å². The van der Waals surface area contributed by atoms with Gasteiger partial charge in [0.15, 0.2) is 0 Å². The Labute approximate surface area is 242 Å². The third-order valence-electron chi connectivity index (χ3n) is 5.03. The maximum absolute atomic E-state index is 12.4. The molecule has 3 rings (SSSR count). The number of anilines is 1. The zero-order chi connectivity index (χ0) is 31.4. The fourth-order valence-electron chi connectivity index (χ4n) is 3.16. The molecule has 2 heterocycles. The van der Waals surface area contributed by atoms with Gasteiger partial charge in [-0.3, -0.25) is 9.59 Å². The second-order valence-corrected chi connectivity index (χ2v) is 10.2. The van der Waals surface area contributed by atoms with Crippen LogP contribution in [0.3, 0.4) is 0 Å². The summed E-state index contributed by atoms with van der Waals surface area (Å²) in [5.41, 5.74) is 1.24. The number of nitrogens with one attached hydrogen (secondary N) is 2. The Morgan fingerprint density at radius 1 is 1.15 bits per heavy atom. The van der Waals surface area contributed by atoms with Gasteiger partial charge in [0.1, 0.15) is 30.1 Å². The number of para-hydroxylation sites is 1. The van der Waals surface area contributed by atoms with Crippen LogP contribution in [0.5, 0.6) is 0 Å². The minimum atomic E-state index is -0.575. The molecule has 0 bridgehead atoms.